The second kappa shape index (κ2) is 7.73. The zero-order chi connectivity index (χ0) is 15.1. The number of hydrogen-bond donors (Lipinski definition) is 2. The normalized spacial score (nSPS) is 12.5. The van der Waals surface area contributed by atoms with Gasteiger partial charge in [-0.1, -0.05) is 13.8 Å². The minimum Gasteiger partial charge on any atom is -0.454 e. The zero-order valence-electron chi connectivity index (χ0n) is 12.6. The number of hydrogen-bond acceptors (Lipinski definition) is 4. The van der Waals surface area contributed by atoms with Crippen LogP contribution >= 0.6 is 0 Å². The summed E-state index contributed by atoms with van der Waals surface area (Å²) in [7, 11) is 0. The number of nitrogens with zero attached hydrogens (tertiary/aromatic N) is 1. The molecule has 0 bridgehead atoms. The van der Waals surface area contributed by atoms with E-state index in [0.29, 0.717) is 23.7 Å². The highest BCUT2D eigenvalue weighted by molar-refractivity contribution is 5.89. The third kappa shape index (κ3) is 4.53. The van der Waals surface area contributed by atoms with Gasteiger partial charge in [-0.15, -0.1) is 0 Å². The highest BCUT2D eigenvalue weighted by atomic mass is 16.7. The smallest absolute Gasteiger partial charge is 0.319 e. The van der Waals surface area contributed by atoms with E-state index in [1.807, 2.05) is 0 Å². The number of amides is 2. The Hall–Kier alpha value is -1.95. The molecule has 1 aromatic carbocycles. The van der Waals surface area contributed by atoms with Crippen LogP contribution in [0.25, 0.3) is 0 Å². The first-order valence-corrected chi connectivity index (χ1v) is 7.39. The monoisotopic (exact) mass is 293 g/mol. The average molecular weight is 293 g/mol. The number of rotatable bonds is 7. The highest BCUT2D eigenvalue weighted by Gasteiger charge is 2.13. The first-order valence-electron chi connectivity index (χ1n) is 7.39. The van der Waals surface area contributed by atoms with Crippen LogP contribution in [0.1, 0.15) is 20.3 Å². The summed E-state index contributed by atoms with van der Waals surface area (Å²) < 4.78 is 10.5. The van der Waals surface area contributed by atoms with Gasteiger partial charge < -0.3 is 25.0 Å². The SMILES string of the molecule is CCN(CC)CCCNC(=O)Nc1ccc2c(c1)OCO2. The van der Waals surface area contributed by atoms with Crippen molar-refractivity contribution >= 4 is 11.7 Å². The van der Waals surface area contributed by atoms with Gasteiger partial charge in [-0.2, -0.15) is 0 Å². The van der Waals surface area contributed by atoms with Gasteiger partial charge in [-0.25, -0.2) is 4.79 Å². The lowest BCUT2D eigenvalue weighted by molar-refractivity contribution is 0.174. The molecule has 2 N–H and O–H groups in total. The minimum absolute atomic E-state index is 0.201. The number of ether oxygens (including phenoxy) is 2. The summed E-state index contributed by atoms with van der Waals surface area (Å²) in [5.74, 6) is 1.37. The molecule has 21 heavy (non-hydrogen) atoms. The fraction of sp³-hybridized carbons (Fsp3) is 0.533. The molecule has 0 unspecified atom stereocenters. The number of fused-ring (bicyclic) bond motifs is 1. The molecule has 1 heterocycles. The van der Waals surface area contributed by atoms with Crippen molar-refractivity contribution in [2.24, 2.45) is 0 Å². The largest absolute Gasteiger partial charge is 0.454 e. The highest BCUT2D eigenvalue weighted by Crippen LogP contribution is 2.34. The van der Waals surface area contributed by atoms with Crippen molar-refractivity contribution in [2.75, 3.05) is 38.3 Å². The first-order chi connectivity index (χ1) is 10.2. The van der Waals surface area contributed by atoms with E-state index in [4.69, 9.17) is 9.47 Å². The summed E-state index contributed by atoms with van der Waals surface area (Å²) in [6.07, 6.45) is 0.941. The molecule has 1 aromatic rings. The van der Waals surface area contributed by atoms with Gasteiger partial charge in [0, 0.05) is 18.3 Å². The van der Waals surface area contributed by atoms with Crippen LogP contribution in [0.15, 0.2) is 18.2 Å². The molecule has 1 aliphatic rings. The Kier molecular flexibility index (Phi) is 5.68. The van der Waals surface area contributed by atoms with Gasteiger partial charge in [0.1, 0.15) is 0 Å². The molecule has 2 amide bonds. The van der Waals surface area contributed by atoms with Crippen LogP contribution in [0.5, 0.6) is 11.5 Å². The predicted octanol–water partition coefficient (Wildman–Crippen LogP) is 2.27. The molecule has 0 spiro atoms. The fourth-order valence-electron chi connectivity index (χ4n) is 2.19. The molecule has 0 fully saturated rings. The number of benzene rings is 1. The maximum atomic E-state index is 11.8. The molecule has 0 radical (unpaired) electrons. The third-order valence-corrected chi connectivity index (χ3v) is 3.46. The maximum Gasteiger partial charge on any atom is 0.319 e. The summed E-state index contributed by atoms with van der Waals surface area (Å²) in [6.45, 7) is 8.26. The maximum absolute atomic E-state index is 11.8. The fourth-order valence-corrected chi connectivity index (χ4v) is 2.19. The van der Waals surface area contributed by atoms with E-state index in [2.05, 4.69) is 29.4 Å². The second-order valence-corrected chi connectivity index (χ2v) is 4.83. The van der Waals surface area contributed by atoms with Crippen molar-refractivity contribution < 1.29 is 14.3 Å². The van der Waals surface area contributed by atoms with Crippen LogP contribution < -0.4 is 20.1 Å². The third-order valence-electron chi connectivity index (χ3n) is 3.46. The van der Waals surface area contributed by atoms with E-state index in [1.165, 1.54) is 0 Å². The van der Waals surface area contributed by atoms with Crippen molar-refractivity contribution in [3.05, 3.63) is 18.2 Å². The summed E-state index contributed by atoms with van der Waals surface area (Å²) in [6, 6.07) is 5.15. The minimum atomic E-state index is -0.201. The van der Waals surface area contributed by atoms with Crippen LogP contribution in [0, 0.1) is 0 Å². The number of anilines is 1. The van der Waals surface area contributed by atoms with E-state index < -0.39 is 0 Å². The lowest BCUT2D eigenvalue weighted by atomic mass is 10.3. The van der Waals surface area contributed by atoms with Gasteiger partial charge >= 0.3 is 6.03 Å². The van der Waals surface area contributed by atoms with Crippen molar-refractivity contribution in [2.45, 2.75) is 20.3 Å². The van der Waals surface area contributed by atoms with Gasteiger partial charge in [-0.3, -0.25) is 0 Å². The topological polar surface area (TPSA) is 62.8 Å². The second-order valence-electron chi connectivity index (χ2n) is 4.83. The Morgan fingerprint density at radius 3 is 2.76 bits per heavy atom. The van der Waals surface area contributed by atoms with E-state index in [0.717, 1.165) is 26.1 Å². The van der Waals surface area contributed by atoms with Crippen LogP contribution in [0.3, 0.4) is 0 Å². The Morgan fingerprint density at radius 1 is 1.24 bits per heavy atom. The molecular formula is C15H23N3O3. The van der Waals surface area contributed by atoms with Crippen molar-refractivity contribution in [1.82, 2.24) is 10.2 Å². The van der Waals surface area contributed by atoms with Gasteiger partial charge in [-0.05, 0) is 38.2 Å². The molecule has 2 rings (SSSR count). The van der Waals surface area contributed by atoms with Crippen LogP contribution in [0.4, 0.5) is 10.5 Å². The number of nitrogens with one attached hydrogen (secondary N) is 2. The van der Waals surface area contributed by atoms with E-state index in [9.17, 15) is 4.79 Å². The molecule has 0 aromatic heterocycles. The molecule has 0 atom stereocenters. The molecule has 6 heteroatoms. The summed E-state index contributed by atoms with van der Waals surface area (Å²) in [5, 5.41) is 5.64. The van der Waals surface area contributed by atoms with Crippen molar-refractivity contribution in [3.63, 3.8) is 0 Å². The molecule has 6 nitrogen and oxygen atoms in total. The standard InChI is InChI=1S/C15H23N3O3/c1-3-18(4-2)9-5-8-16-15(19)17-12-6-7-13-14(10-12)21-11-20-13/h6-7,10H,3-5,8-9,11H2,1-2H3,(H2,16,17,19). The van der Waals surface area contributed by atoms with Gasteiger partial charge in [0.2, 0.25) is 6.79 Å². The predicted molar refractivity (Wildman–Crippen MR) is 82.0 cm³/mol. The van der Waals surface area contributed by atoms with Crippen LogP contribution in [-0.2, 0) is 0 Å². The number of urea groups is 1. The molecule has 1 aliphatic heterocycles. The Morgan fingerprint density at radius 2 is 2.00 bits per heavy atom. The quantitative estimate of drug-likeness (QED) is 0.757. The van der Waals surface area contributed by atoms with Crippen LogP contribution in [0.2, 0.25) is 0 Å². The molecule has 0 saturated heterocycles. The molecule has 0 saturated carbocycles. The summed E-state index contributed by atoms with van der Waals surface area (Å²) in [5.41, 5.74) is 0.695. The molecule has 116 valence electrons. The zero-order valence-corrected chi connectivity index (χ0v) is 12.6. The number of carbonyl (C=O) groups excluding carboxylic acids is 1. The average Bonchev–Trinajstić information content (AvgIpc) is 2.95. The first kappa shape index (κ1) is 15.4. The van der Waals surface area contributed by atoms with E-state index >= 15 is 0 Å². The van der Waals surface area contributed by atoms with Gasteiger partial charge in [0.15, 0.2) is 11.5 Å². The van der Waals surface area contributed by atoms with Crippen molar-refractivity contribution in [3.8, 4) is 11.5 Å². The Balaban J connectivity index is 1.70. The van der Waals surface area contributed by atoms with E-state index in [-0.39, 0.29) is 12.8 Å². The molecular weight excluding hydrogens is 270 g/mol. The van der Waals surface area contributed by atoms with E-state index in [1.54, 1.807) is 18.2 Å². The lowest BCUT2D eigenvalue weighted by Gasteiger charge is -2.17. The van der Waals surface area contributed by atoms with Crippen molar-refractivity contribution in [1.29, 1.82) is 0 Å². The Bertz CT molecular complexity index is 475. The summed E-state index contributed by atoms with van der Waals surface area (Å²) in [4.78, 5) is 14.1. The molecule has 0 aliphatic carbocycles. The Labute approximate surface area is 125 Å². The summed E-state index contributed by atoms with van der Waals surface area (Å²) >= 11 is 0. The van der Waals surface area contributed by atoms with Gasteiger partial charge in [0.05, 0.1) is 0 Å². The van der Waals surface area contributed by atoms with Crippen LogP contribution in [-0.4, -0.2) is 43.9 Å². The van der Waals surface area contributed by atoms with Gasteiger partial charge in [0.25, 0.3) is 0 Å². The lowest BCUT2D eigenvalue weighted by Crippen LogP contribution is -2.32. The number of carbonyl (C=O) groups is 1.